The molecule has 0 spiro atoms. The van der Waals surface area contributed by atoms with Crippen molar-refractivity contribution in [3.05, 3.63) is 0 Å². The van der Waals surface area contributed by atoms with Gasteiger partial charge in [0.2, 0.25) is 0 Å². The van der Waals surface area contributed by atoms with E-state index in [4.69, 9.17) is 0 Å². The van der Waals surface area contributed by atoms with Crippen LogP contribution in [0.2, 0.25) is 0 Å². The van der Waals surface area contributed by atoms with Crippen molar-refractivity contribution in [3.63, 3.8) is 0 Å². The highest BCUT2D eigenvalue weighted by Crippen LogP contribution is 2.44. The Balaban J connectivity index is 2.52. The fourth-order valence-corrected chi connectivity index (χ4v) is 1.58. The molecule has 0 aliphatic heterocycles. The van der Waals surface area contributed by atoms with Crippen molar-refractivity contribution in [2.75, 3.05) is 6.54 Å². The minimum absolute atomic E-state index is 0.0693. The summed E-state index contributed by atoms with van der Waals surface area (Å²) in [7, 11) is 0. The second-order valence-electron chi connectivity index (χ2n) is 4.98. The van der Waals surface area contributed by atoms with Crippen LogP contribution >= 0.6 is 0 Å². The molecule has 0 aromatic carbocycles. The largest absolute Gasteiger partial charge is 0.391 e. The van der Waals surface area contributed by atoms with Crippen molar-refractivity contribution in [3.8, 4) is 0 Å². The van der Waals surface area contributed by atoms with Gasteiger partial charge in [0.1, 0.15) is 5.60 Å². The van der Waals surface area contributed by atoms with Crippen molar-refractivity contribution < 1.29 is 23.8 Å². The molecular formula is C11H19F2NO3. The Hall–Kier alpha value is -0.750. The minimum atomic E-state index is -3.79. The van der Waals surface area contributed by atoms with E-state index in [1.165, 1.54) is 0 Å². The van der Waals surface area contributed by atoms with Crippen LogP contribution in [0.15, 0.2) is 0 Å². The molecule has 1 unspecified atom stereocenters. The van der Waals surface area contributed by atoms with Gasteiger partial charge in [-0.25, -0.2) is 0 Å². The van der Waals surface area contributed by atoms with Gasteiger partial charge in [-0.15, -0.1) is 0 Å². The maximum absolute atomic E-state index is 13.6. The van der Waals surface area contributed by atoms with Crippen LogP contribution in [0.25, 0.3) is 0 Å². The van der Waals surface area contributed by atoms with Gasteiger partial charge in [-0.05, 0) is 25.2 Å². The minimum Gasteiger partial charge on any atom is -0.391 e. The summed E-state index contributed by atoms with van der Waals surface area (Å²) in [6, 6.07) is 0. The van der Waals surface area contributed by atoms with Gasteiger partial charge in [0, 0.05) is 6.54 Å². The number of hydrogen-bond acceptors (Lipinski definition) is 3. The highest BCUT2D eigenvalue weighted by molar-refractivity contribution is 5.85. The molecule has 1 aliphatic carbocycles. The average Bonchev–Trinajstić information content (AvgIpc) is 2.21. The van der Waals surface area contributed by atoms with Gasteiger partial charge in [-0.3, -0.25) is 4.79 Å². The zero-order chi connectivity index (χ0) is 13.3. The first-order valence-corrected chi connectivity index (χ1v) is 5.77. The molecule has 0 aromatic rings. The summed E-state index contributed by atoms with van der Waals surface area (Å²) in [6.45, 7) is 3.20. The molecule has 0 bridgehead atoms. The first-order valence-electron chi connectivity index (χ1n) is 5.77. The molecule has 1 aliphatic rings. The van der Waals surface area contributed by atoms with Crippen LogP contribution in [0.4, 0.5) is 8.78 Å². The lowest BCUT2D eigenvalue weighted by molar-refractivity contribution is -0.216. The predicted octanol–water partition coefficient (Wildman–Crippen LogP) is 0.670. The van der Waals surface area contributed by atoms with E-state index in [0.29, 0.717) is 6.42 Å². The van der Waals surface area contributed by atoms with Crippen LogP contribution in [0.3, 0.4) is 0 Å². The van der Waals surface area contributed by atoms with Crippen molar-refractivity contribution in [1.82, 2.24) is 5.32 Å². The zero-order valence-electron chi connectivity index (χ0n) is 10.0. The molecule has 4 nitrogen and oxygen atoms in total. The maximum Gasteiger partial charge on any atom is 0.352 e. The van der Waals surface area contributed by atoms with E-state index in [2.05, 4.69) is 0 Å². The number of rotatable bonds is 5. The maximum atomic E-state index is 13.6. The van der Waals surface area contributed by atoms with E-state index in [9.17, 15) is 23.8 Å². The van der Waals surface area contributed by atoms with E-state index < -0.39 is 23.5 Å². The average molecular weight is 251 g/mol. The molecule has 1 rings (SSSR count). The summed E-state index contributed by atoms with van der Waals surface area (Å²) >= 11 is 0. The third-order valence-corrected chi connectivity index (χ3v) is 3.29. The summed E-state index contributed by atoms with van der Waals surface area (Å²) in [5.74, 6) is -5.43. The molecule has 0 heterocycles. The summed E-state index contributed by atoms with van der Waals surface area (Å²) in [4.78, 5) is 11.3. The standard InChI is InChI=1S/C11H19F2NO3/c1-7(2)8(15)6-14-9(16)11(12,13)10(17)4-3-5-10/h7-8,15,17H,3-6H2,1-2H3,(H,14,16). The fraction of sp³-hybridized carbons (Fsp3) is 0.909. The SMILES string of the molecule is CC(C)C(O)CNC(=O)C(F)(F)C1(O)CCC1. The normalized spacial score (nSPS) is 20.9. The first kappa shape index (κ1) is 14.3. The van der Waals surface area contributed by atoms with E-state index in [-0.39, 0.29) is 25.3 Å². The Morgan fingerprint density at radius 1 is 1.47 bits per heavy atom. The Kier molecular flexibility index (Phi) is 4.09. The number of carbonyl (C=O) groups is 1. The Morgan fingerprint density at radius 2 is 2.00 bits per heavy atom. The predicted molar refractivity (Wildman–Crippen MR) is 57.6 cm³/mol. The number of aliphatic hydroxyl groups excluding tert-OH is 1. The van der Waals surface area contributed by atoms with E-state index in [1.54, 1.807) is 13.8 Å². The summed E-state index contributed by atoms with van der Waals surface area (Å²) in [5, 5.41) is 20.9. The van der Waals surface area contributed by atoms with Gasteiger partial charge in [0.25, 0.3) is 5.91 Å². The molecule has 0 radical (unpaired) electrons. The number of carbonyl (C=O) groups excluding carboxylic acids is 1. The molecule has 0 saturated heterocycles. The zero-order valence-corrected chi connectivity index (χ0v) is 10.0. The smallest absolute Gasteiger partial charge is 0.352 e. The van der Waals surface area contributed by atoms with Crippen molar-refractivity contribution in [1.29, 1.82) is 0 Å². The molecule has 1 fully saturated rings. The number of aliphatic hydroxyl groups is 2. The van der Waals surface area contributed by atoms with Crippen LogP contribution in [0.5, 0.6) is 0 Å². The van der Waals surface area contributed by atoms with Gasteiger partial charge in [0.15, 0.2) is 0 Å². The number of halogens is 2. The number of nitrogens with one attached hydrogen (secondary N) is 1. The molecular weight excluding hydrogens is 232 g/mol. The lowest BCUT2D eigenvalue weighted by atomic mass is 9.75. The first-order chi connectivity index (χ1) is 7.71. The van der Waals surface area contributed by atoms with Crippen LogP contribution in [-0.4, -0.2) is 40.3 Å². The number of hydrogen-bond donors (Lipinski definition) is 3. The fourth-order valence-electron chi connectivity index (χ4n) is 1.58. The molecule has 3 N–H and O–H groups in total. The summed E-state index contributed by atoms with van der Waals surface area (Å²) in [5.41, 5.74) is -2.21. The van der Waals surface area contributed by atoms with Gasteiger partial charge >= 0.3 is 5.92 Å². The third kappa shape index (κ3) is 2.74. The molecule has 17 heavy (non-hydrogen) atoms. The van der Waals surface area contributed by atoms with E-state index >= 15 is 0 Å². The Morgan fingerprint density at radius 3 is 2.35 bits per heavy atom. The number of alkyl halides is 2. The lowest BCUT2D eigenvalue weighted by Gasteiger charge is -2.41. The van der Waals surface area contributed by atoms with Crippen LogP contribution < -0.4 is 5.32 Å². The molecule has 1 atom stereocenters. The van der Waals surface area contributed by atoms with Crippen molar-refractivity contribution in [2.24, 2.45) is 5.92 Å². The monoisotopic (exact) mass is 251 g/mol. The van der Waals surface area contributed by atoms with Crippen molar-refractivity contribution >= 4 is 5.91 Å². The molecule has 1 saturated carbocycles. The van der Waals surface area contributed by atoms with Crippen molar-refractivity contribution in [2.45, 2.75) is 50.7 Å². The second kappa shape index (κ2) is 4.86. The van der Waals surface area contributed by atoms with Gasteiger partial charge < -0.3 is 15.5 Å². The highest BCUT2D eigenvalue weighted by atomic mass is 19.3. The molecule has 1 amide bonds. The van der Waals surface area contributed by atoms with Gasteiger partial charge in [-0.1, -0.05) is 13.8 Å². The van der Waals surface area contributed by atoms with E-state index in [1.807, 2.05) is 5.32 Å². The van der Waals surface area contributed by atoms with Gasteiger partial charge in [-0.2, -0.15) is 8.78 Å². The molecule has 0 aromatic heterocycles. The van der Waals surface area contributed by atoms with E-state index in [0.717, 1.165) is 0 Å². The summed E-state index contributed by atoms with van der Waals surface area (Å²) in [6.07, 6.45) is -0.514. The molecule has 6 heteroatoms. The Labute approximate surface area is 99.0 Å². The molecule has 100 valence electrons. The highest BCUT2D eigenvalue weighted by Gasteiger charge is 2.61. The van der Waals surface area contributed by atoms with Crippen LogP contribution in [0, 0.1) is 5.92 Å². The Bertz CT molecular complexity index is 290. The van der Waals surface area contributed by atoms with Crippen LogP contribution in [-0.2, 0) is 4.79 Å². The third-order valence-electron chi connectivity index (χ3n) is 3.29. The van der Waals surface area contributed by atoms with Gasteiger partial charge in [0.05, 0.1) is 6.10 Å². The summed E-state index contributed by atoms with van der Waals surface area (Å²) < 4.78 is 27.1. The second-order valence-corrected chi connectivity index (χ2v) is 4.98. The quantitative estimate of drug-likeness (QED) is 0.672. The lowest BCUT2D eigenvalue weighted by Crippen LogP contribution is -2.61. The van der Waals surface area contributed by atoms with Crippen LogP contribution in [0.1, 0.15) is 33.1 Å². The topological polar surface area (TPSA) is 69.6 Å². The number of amides is 1.